The highest BCUT2D eigenvalue weighted by Crippen LogP contribution is 2.28. The van der Waals surface area contributed by atoms with E-state index in [2.05, 4.69) is 15.0 Å². The van der Waals surface area contributed by atoms with Crippen molar-refractivity contribution >= 4 is 16.9 Å². The molecule has 1 aliphatic rings. The van der Waals surface area contributed by atoms with E-state index in [0.29, 0.717) is 5.82 Å². The minimum absolute atomic E-state index is 0.566. The third-order valence-electron chi connectivity index (χ3n) is 3.26. The van der Waals surface area contributed by atoms with Gasteiger partial charge in [-0.25, -0.2) is 15.0 Å². The Labute approximate surface area is 93.9 Å². The standard InChI is InChI=1S/C12H14N4/c13-11-10-9-5-3-1-2-4-8(9)6-14-12(10)16-7-15-11/h6-7H,1-5H2,(H2,13,14,15,16). The van der Waals surface area contributed by atoms with Crippen LogP contribution in [0.1, 0.15) is 30.4 Å². The molecule has 2 aromatic rings. The lowest BCUT2D eigenvalue weighted by molar-refractivity contribution is 0.712. The molecule has 1 aliphatic carbocycles. The topological polar surface area (TPSA) is 64.7 Å². The van der Waals surface area contributed by atoms with Crippen LogP contribution in [0.25, 0.3) is 11.0 Å². The number of nitrogens with zero attached hydrogens (tertiary/aromatic N) is 3. The normalized spacial score (nSPS) is 15.8. The van der Waals surface area contributed by atoms with Gasteiger partial charge in [0.2, 0.25) is 0 Å². The molecule has 0 bridgehead atoms. The Morgan fingerprint density at radius 3 is 2.81 bits per heavy atom. The molecule has 0 saturated carbocycles. The largest absolute Gasteiger partial charge is 0.383 e. The van der Waals surface area contributed by atoms with Gasteiger partial charge in [0.15, 0.2) is 5.65 Å². The molecule has 4 heteroatoms. The number of nitrogens with two attached hydrogens (primary N) is 1. The lowest BCUT2D eigenvalue weighted by atomic mass is 10.0. The van der Waals surface area contributed by atoms with E-state index in [0.717, 1.165) is 23.9 Å². The second-order valence-corrected chi connectivity index (χ2v) is 4.28. The smallest absolute Gasteiger partial charge is 0.164 e. The quantitative estimate of drug-likeness (QED) is 0.680. The van der Waals surface area contributed by atoms with Gasteiger partial charge in [0.1, 0.15) is 12.1 Å². The monoisotopic (exact) mass is 214 g/mol. The predicted molar refractivity (Wildman–Crippen MR) is 63.0 cm³/mol. The Hall–Kier alpha value is -1.71. The van der Waals surface area contributed by atoms with Gasteiger partial charge in [0.05, 0.1) is 5.39 Å². The van der Waals surface area contributed by atoms with Crippen molar-refractivity contribution in [3.63, 3.8) is 0 Å². The summed E-state index contributed by atoms with van der Waals surface area (Å²) in [7, 11) is 0. The summed E-state index contributed by atoms with van der Waals surface area (Å²) in [6.07, 6.45) is 9.36. The molecule has 0 unspecified atom stereocenters. The Kier molecular flexibility index (Phi) is 2.20. The molecule has 16 heavy (non-hydrogen) atoms. The van der Waals surface area contributed by atoms with E-state index in [1.807, 2.05) is 6.20 Å². The highest BCUT2D eigenvalue weighted by Gasteiger charge is 2.14. The van der Waals surface area contributed by atoms with Crippen molar-refractivity contribution in [1.82, 2.24) is 15.0 Å². The number of anilines is 1. The van der Waals surface area contributed by atoms with Crippen molar-refractivity contribution in [3.05, 3.63) is 23.7 Å². The highest BCUT2D eigenvalue weighted by atomic mass is 15.0. The van der Waals surface area contributed by atoms with Crippen molar-refractivity contribution in [2.24, 2.45) is 0 Å². The number of nitrogen functional groups attached to an aromatic ring is 1. The van der Waals surface area contributed by atoms with E-state index in [9.17, 15) is 0 Å². The average Bonchev–Trinajstić information content (AvgIpc) is 2.54. The van der Waals surface area contributed by atoms with Gasteiger partial charge in [-0.15, -0.1) is 0 Å². The molecule has 2 N–H and O–H groups in total. The second kappa shape index (κ2) is 3.70. The van der Waals surface area contributed by atoms with Crippen molar-refractivity contribution in [1.29, 1.82) is 0 Å². The van der Waals surface area contributed by atoms with Crippen LogP contribution in [0.15, 0.2) is 12.5 Å². The number of aromatic nitrogens is 3. The summed E-state index contributed by atoms with van der Waals surface area (Å²) in [5.41, 5.74) is 9.32. The molecule has 0 aliphatic heterocycles. The third-order valence-corrected chi connectivity index (χ3v) is 3.26. The minimum Gasteiger partial charge on any atom is -0.383 e. The first kappa shape index (κ1) is 9.51. The van der Waals surface area contributed by atoms with E-state index in [-0.39, 0.29) is 0 Å². The molecule has 0 aromatic carbocycles. The first-order valence-electron chi connectivity index (χ1n) is 5.73. The predicted octanol–water partition coefficient (Wildman–Crippen LogP) is 1.88. The number of hydrogen-bond donors (Lipinski definition) is 1. The molecule has 2 aromatic heterocycles. The maximum Gasteiger partial charge on any atom is 0.164 e. The van der Waals surface area contributed by atoms with Gasteiger partial charge in [-0.3, -0.25) is 0 Å². The molecule has 4 nitrogen and oxygen atoms in total. The van der Waals surface area contributed by atoms with Crippen LogP contribution in [0, 0.1) is 0 Å². The zero-order valence-electron chi connectivity index (χ0n) is 9.11. The summed E-state index contributed by atoms with van der Waals surface area (Å²) in [6.45, 7) is 0. The van der Waals surface area contributed by atoms with Gasteiger partial charge in [0.25, 0.3) is 0 Å². The van der Waals surface area contributed by atoms with Crippen molar-refractivity contribution < 1.29 is 0 Å². The van der Waals surface area contributed by atoms with Crippen LogP contribution in [0.3, 0.4) is 0 Å². The fourth-order valence-electron chi connectivity index (χ4n) is 2.45. The van der Waals surface area contributed by atoms with Crippen molar-refractivity contribution in [2.45, 2.75) is 32.1 Å². The van der Waals surface area contributed by atoms with Crippen LogP contribution in [-0.4, -0.2) is 15.0 Å². The molecule has 0 amide bonds. The minimum atomic E-state index is 0.566. The van der Waals surface area contributed by atoms with Crippen LogP contribution < -0.4 is 5.73 Å². The summed E-state index contributed by atoms with van der Waals surface area (Å²) in [5.74, 6) is 0.566. The Morgan fingerprint density at radius 1 is 1.00 bits per heavy atom. The van der Waals surface area contributed by atoms with Gasteiger partial charge >= 0.3 is 0 Å². The molecule has 0 fully saturated rings. The van der Waals surface area contributed by atoms with Gasteiger partial charge < -0.3 is 5.73 Å². The average molecular weight is 214 g/mol. The van der Waals surface area contributed by atoms with Crippen LogP contribution in [0.4, 0.5) is 5.82 Å². The summed E-state index contributed by atoms with van der Waals surface area (Å²) in [5, 5.41) is 0.974. The molecule has 82 valence electrons. The Bertz CT molecular complexity index is 536. The van der Waals surface area contributed by atoms with Gasteiger partial charge in [-0.05, 0) is 36.8 Å². The Balaban J connectivity index is 2.32. The summed E-state index contributed by atoms with van der Waals surface area (Å²) >= 11 is 0. The molecule has 0 spiro atoms. The fraction of sp³-hybridized carbons (Fsp3) is 0.417. The SMILES string of the molecule is Nc1ncnc2ncc3c(c12)CCCCC3. The second-order valence-electron chi connectivity index (χ2n) is 4.28. The maximum atomic E-state index is 5.94. The summed E-state index contributed by atoms with van der Waals surface area (Å²) < 4.78 is 0. The van der Waals surface area contributed by atoms with Crippen LogP contribution in [0.5, 0.6) is 0 Å². The lowest BCUT2D eigenvalue weighted by Crippen LogP contribution is -2.01. The number of rotatable bonds is 0. The zero-order chi connectivity index (χ0) is 11.0. The first-order chi connectivity index (χ1) is 7.86. The number of pyridine rings is 1. The summed E-state index contributed by atoms with van der Waals surface area (Å²) in [4.78, 5) is 12.6. The van der Waals surface area contributed by atoms with Crippen molar-refractivity contribution in [3.8, 4) is 0 Å². The number of hydrogen-bond acceptors (Lipinski definition) is 4. The van der Waals surface area contributed by atoms with E-state index >= 15 is 0 Å². The molecular weight excluding hydrogens is 200 g/mol. The maximum absolute atomic E-state index is 5.94. The van der Waals surface area contributed by atoms with E-state index in [1.165, 1.54) is 36.7 Å². The summed E-state index contributed by atoms with van der Waals surface area (Å²) in [6, 6.07) is 0. The van der Waals surface area contributed by atoms with E-state index < -0.39 is 0 Å². The Morgan fingerprint density at radius 2 is 1.88 bits per heavy atom. The zero-order valence-corrected chi connectivity index (χ0v) is 9.11. The van der Waals surface area contributed by atoms with Gasteiger partial charge in [-0.1, -0.05) is 6.42 Å². The highest BCUT2D eigenvalue weighted by molar-refractivity contribution is 5.89. The molecule has 3 rings (SSSR count). The molecule has 0 saturated heterocycles. The van der Waals surface area contributed by atoms with Crippen LogP contribution >= 0.6 is 0 Å². The number of aryl methyl sites for hydroxylation is 2. The number of fused-ring (bicyclic) bond motifs is 3. The van der Waals surface area contributed by atoms with Gasteiger partial charge in [-0.2, -0.15) is 0 Å². The van der Waals surface area contributed by atoms with Crippen LogP contribution in [0.2, 0.25) is 0 Å². The van der Waals surface area contributed by atoms with E-state index in [1.54, 1.807) is 0 Å². The molecule has 0 radical (unpaired) electrons. The fourth-order valence-corrected chi connectivity index (χ4v) is 2.45. The van der Waals surface area contributed by atoms with Crippen molar-refractivity contribution in [2.75, 3.05) is 5.73 Å². The molecule has 0 atom stereocenters. The van der Waals surface area contributed by atoms with Gasteiger partial charge in [0, 0.05) is 6.20 Å². The van der Waals surface area contributed by atoms with Crippen LogP contribution in [-0.2, 0) is 12.8 Å². The molecule has 2 heterocycles. The molecular formula is C12H14N4. The lowest BCUT2D eigenvalue weighted by Gasteiger charge is -2.09. The third kappa shape index (κ3) is 1.41. The first-order valence-corrected chi connectivity index (χ1v) is 5.73. The van der Waals surface area contributed by atoms with E-state index in [4.69, 9.17) is 5.73 Å².